The lowest BCUT2D eigenvalue weighted by atomic mass is 9.96. The molecule has 0 amide bonds. The lowest BCUT2D eigenvalue weighted by molar-refractivity contribution is 0.157. The smallest absolute Gasteiger partial charge is 0.131 e. The summed E-state index contributed by atoms with van der Waals surface area (Å²) >= 11 is 0. The van der Waals surface area contributed by atoms with Gasteiger partial charge in [0, 0.05) is 37.8 Å². The summed E-state index contributed by atoms with van der Waals surface area (Å²) in [4.78, 5) is 2.38. The van der Waals surface area contributed by atoms with Crippen LogP contribution >= 0.6 is 0 Å². The average Bonchev–Trinajstić information content (AvgIpc) is 2.56. The maximum atomic E-state index is 14.5. The van der Waals surface area contributed by atoms with Crippen LogP contribution in [0.15, 0.2) is 30.9 Å². The third-order valence-corrected chi connectivity index (χ3v) is 4.29. The summed E-state index contributed by atoms with van der Waals surface area (Å²) in [6, 6.07) is 5.20. The first-order valence-corrected chi connectivity index (χ1v) is 8.16. The van der Waals surface area contributed by atoms with Gasteiger partial charge in [-0.25, -0.2) is 4.39 Å². The fraction of sp³-hybridized carbons (Fsp3) is 0.556. The Morgan fingerprint density at radius 2 is 2.14 bits per heavy atom. The molecular formula is C18H27FN2O. The molecule has 1 N–H and O–H groups in total. The van der Waals surface area contributed by atoms with Gasteiger partial charge in [0.05, 0.1) is 7.11 Å². The van der Waals surface area contributed by atoms with E-state index in [2.05, 4.69) is 16.8 Å². The fourth-order valence-corrected chi connectivity index (χ4v) is 3.15. The minimum Gasteiger partial charge on any atom is -0.496 e. The third-order valence-electron chi connectivity index (χ3n) is 4.29. The number of hydrogen-bond donors (Lipinski definition) is 1. The highest BCUT2D eigenvalue weighted by Gasteiger charge is 2.27. The minimum atomic E-state index is -0.161. The van der Waals surface area contributed by atoms with E-state index in [1.165, 1.54) is 6.07 Å². The Labute approximate surface area is 133 Å². The standard InChI is InChI=1S/C18H27FN2O/c1-3-4-5-6-9-16(21-13-11-20-12-14-21)18-15(19)8-7-10-17(18)22-2/h3,7-8,10,16,20H,1,4-6,9,11-14H2,2H3/t16-/m1/s1. The molecule has 1 fully saturated rings. The second-order valence-electron chi connectivity index (χ2n) is 5.73. The topological polar surface area (TPSA) is 24.5 Å². The van der Waals surface area contributed by atoms with Crippen molar-refractivity contribution in [3.05, 3.63) is 42.2 Å². The van der Waals surface area contributed by atoms with Crippen molar-refractivity contribution in [2.45, 2.75) is 31.7 Å². The molecule has 0 bridgehead atoms. The molecule has 3 nitrogen and oxygen atoms in total. The van der Waals surface area contributed by atoms with Crippen molar-refractivity contribution in [2.75, 3.05) is 33.3 Å². The van der Waals surface area contributed by atoms with Crippen LogP contribution in [0.2, 0.25) is 0 Å². The van der Waals surface area contributed by atoms with Gasteiger partial charge in [-0.2, -0.15) is 0 Å². The summed E-state index contributed by atoms with van der Waals surface area (Å²) in [5.41, 5.74) is 0.713. The molecule has 2 rings (SSSR count). The van der Waals surface area contributed by atoms with Gasteiger partial charge in [0.1, 0.15) is 11.6 Å². The van der Waals surface area contributed by atoms with Gasteiger partial charge in [-0.05, 0) is 31.4 Å². The summed E-state index contributed by atoms with van der Waals surface area (Å²) in [6.07, 6.45) is 6.08. The molecule has 0 radical (unpaired) electrons. The number of nitrogens with zero attached hydrogens (tertiary/aromatic N) is 1. The highest BCUT2D eigenvalue weighted by atomic mass is 19.1. The van der Waals surface area contributed by atoms with Crippen molar-refractivity contribution in [1.29, 1.82) is 0 Å². The van der Waals surface area contributed by atoms with Gasteiger partial charge >= 0.3 is 0 Å². The Kier molecular flexibility index (Phi) is 6.87. The summed E-state index contributed by atoms with van der Waals surface area (Å²) in [7, 11) is 1.62. The second-order valence-corrected chi connectivity index (χ2v) is 5.73. The average molecular weight is 306 g/mol. The molecule has 1 aliphatic rings. The number of benzene rings is 1. The number of hydrogen-bond acceptors (Lipinski definition) is 3. The summed E-state index contributed by atoms with van der Waals surface area (Å²) < 4.78 is 19.9. The molecule has 0 spiro atoms. The van der Waals surface area contributed by atoms with E-state index < -0.39 is 0 Å². The molecule has 1 heterocycles. The molecule has 0 unspecified atom stereocenters. The molecule has 22 heavy (non-hydrogen) atoms. The molecule has 0 aromatic heterocycles. The van der Waals surface area contributed by atoms with Crippen LogP contribution in [-0.2, 0) is 0 Å². The molecular weight excluding hydrogens is 279 g/mol. The number of piperazine rings is 1. The Bertz CT molecular complexity index is 472. The van der Waals surface area contributed by atoms with Gasteiger partial charge in [-0.3, -0.25) is 4.90 Å². The van der Waals surface area contributed by atoms with Crippen molar-refractivity contribution in [1.82, 2.24) is 10.2 Å². The quantitative estimate of drug-likeness (QED) is 0.587. The first-order valence-electron chi connectivity index (χ1n) is 8.16. The zero-order chi connectivity index (χ0) is 15.8. The van der Waals surface area contributed by atoms with Gasteiger partial charge in [0.25, 0.3) is 0 Å². The van der Waals surface area contributed by atoms with E-state index in [0.717, 1.165) is 51.9 Å². The Balaban J connectivity index is 2.20. The van der Waals surface area contributed by atoms with E-state index in [4.69, 9.17) is 4.74 Å². The fourth-order valence-electron chi connectivity index (χ4n) is 3.15. The van der Waals surface area contributed by atoms with Gasteiger partial charge in [-0.15, -0.1) is 6.58 Å². The molecule has 4 heteroatoms. The van der Waals surface area contributed by atoms with E-state index in [0.29, 0.717) is 11.3 Å². The van der Waals surface area contributed by atoms with E-state index >= 15 is 0 Å². The highest BCUT2D eigenvalue weighted by molar-refractivity contribution is 5.37. The maximum Gasteiger partial charge on any atom is 0.131 e. The van der Waals surface area contributed by atoms with Crippen LogP contribution < -0.4 is 10.1 Å². The summed E-state index contributed by atoms with van der Waals surface area (Å²) in [5.74, 6) is 0.499. The maximum absolute atomic E-state index is 14.5. The van der Waals surface area contributed by atoms with Crippen molar-refractivity contribution in [3.8, 4) is 5.75 Å². The van der Waals surface area contributed by atoms with Crippen molar-refractivity contribution in [2.24, 2.45) is 0 Å². The molecule has 122 valence electrons. The van der Waals surface area contributed by atoms with E-state index in [-0.39, 0.29) is 11.9 Å². The molecule has 1 aromatic carbocycles. The predicted octanol–water partition coefficient (Wildman–Crippen LogP) is 3.53. The van der Waals surface area contributed by atoms with Gasteiger partial charge in [0.15, 0.2) is 0 Å². The predicted molar refractivity (Wildman–Crippen MR) is 88.8 cm³/mol. The monoisotopic (exact) mass is 306 g/mol. The number of methoxy groups -OCH3 is 1. The largest absolute Gasteiger partial charge is 0.496 e. The molecule has 1 aromatic rings. The van der Waals surface area contributed by atoms with E-state index in [1.54, 1.807) is 13.2 Å². The zero-order valence-electron chi connectivity index (χ0n) is 13.5. The number of allylic oxidation sites excluding steroid dienone is 1. The van der Waals surface area contributed by atoms with Crippen LogP contribution in [0.1, 0.15) is 37.3 Å². The molecule has 1 aliphatic heterocycles. The molecule has 1 saturated heterocycles. The van der Waals surface area contributed by atoms with Gasteiger partial charge < -0.3 is 10.1 Å². The second kappa shape index (κ2) is 8.91. The van der Waals surface area contributed by atoms with Gasteiger partial charge in [-0.1, -0.05) is 18.6 Å². The Morgan fingerprint density at radius 3 is 2.82 bits per heavy atom. The first kappa shape index (κ1) is 17.0. The number of unbranched alkanes of at least 4 members (excludes halogenated alkanes) is 2. The lowest BCUT2D eigenvalue weighted by Gasteiger charge is -2.36. The number of ether oxygens (including phenoxy) is 1. The van der Waals surface area contributed by atoms with E-state index in [9.17, 15) is 4.39 Å². The van der Waals surface area contributed by atoms with Crippen LogP contribution in [0.4, 0.5) is 4.39 Å². The zero-order valence-corrected chi connectivity index (χ0v) is 13.5. The van der Waals surface area contributed by atoms with Crippen LogP contribution in [0, 0.1) is 5.82 Å². The van der Waals surface area contributed by atoms with Crippen molar-refractivity contribution < 1.29 is 9.13 Å². The van der Waals surface area contributed by atoms with Crippen molar-refractivity contribution >= 4 is 0 Å². The summed E-state index contributed by atoms with van der Waals surface area (Å²) in [5, 5.41) is 3.36. The number of halogens is 1. The Morgan fingerprint density at radius 1 is 1.36 bits per heavy atom. The SMILES string of the molecule is C=CCCCC[C@H](c1c(F)cccc1OC)N1CCNCC1. The first-order chi connectivity index (χ1) is 10.8. The van der Waals surface area contributed by atoms with Crippen LogP contribution in [0.3, 0.4) is 0 Å². The van der Waals surface area contributed by atoms with Crippen LogP contribution in [0.25, 0.3) is 0 Å². The minimum absolute atomic E-state index is 0.0862. The van der Waals surface area contributed by atoms with Crippen molar-refractivity contribution in [3.63, 3.8) is 0 Å². The van der Waals surface area contributed by atoms with E-state index in [1.807, 2.05) is 12.1 Å². The third kappa shape index (κ3) is 4.31. The van der Waals surface area contributed by atoms with Crippen LogP contribution in [0.5, 0.6) is 5.75 Å². The lowest BCUT2D eigenvalue weighted by Crippen LogP contribution is -2.45. The summed E-state index contributed by atoms with van der Waals surface area (Å²) in [6.45, 7) is 7.58. The number of rotatable bonds is 8. The normalized spacial score (nSPS) is 17.2. The molecule has 1 atom stereocenters. The highest BCUT2D eigenvalue weighted by Crippen LogP contribution is 2.35. The molecule has 0 saturated carbocycles. The number of nitrogens with one attached hydrogen (secondary N) is 1. The van der Waals surface area contributed by atoms with Crippen LogP contribution in [-0.4, -0.2) is 38.2 Å². The van der Waals surface area contributed by atoms with Gasteiger partial charge in [0.2, 0.25) is 0 Å². The Hall–Kier alpha value is -1.39. The molecule has 0 aliphatic carbocycles.